The second-order valence-corrected chi connectivity index (χ2v) is 11.5. The van der Waals surface area contributed by atoms with E-state index < -0.39 is 6.17 Å². The van der Waals surface area contributed by atoms with E-state index in [1.807, 2.05) is 24.1 Å². The third kappa shape index (κ3) is 5.53. The molecule has 0 bridgehead atoms. The van der Waals surface area contributed by atoms with Crippen molar-refractivity contribution in [2.24, 2.45) is 0 Å². The van der Waals surface area contributed by atoms with Crippen molar-refractivity contribution in [2.45, 2.75) is 56.8 Å². The van der Waals surface area contributed by atoms with E-state index in [-0.39, 0.29) is 37.0 Å². The van der Waals surface area contributed by atoms with Gasteiger partial charge in [0.05, 0.1) is 29.6 Å². The molecule has 2 fully saturated rings. The van der Waals surface area contributed by atoms with Crippen LogP contribution in [-0.2, 0) is 17.6 Å². The van der Waals surface area contributed by atoms with Gasteiger partial charge in [-0.2, -0.15) is 15.2 Å². The SMILES string of the molecule is C=CC(=O)N1CCN(c2nc(OC[C@@H]3C[C@@H](F)CN3C)nc3nc(-c4cccc5c4CCCC5)ccc23)C[C@@H]1CC#N. The minimum absolute atomic E-state index is 0.0636. The predicted octanol–water partition coefficient (Wildman–Crippen LogP) is 4.11. The standard InChI is InChI=1S/C32H36FN7O2/c1-3-29(41)40-16-15-39(19-23(40)13-14-34)31-27-11-12-28(26-10-6-8-21-7-4-5-9-25(21)26)35-30(27)36-32(37-31)42-20-24-17-22(33)18-38(24)2/h3,6,8,10-12,22-24H,1,4-5,7,9,13,15-20H2,2H3/t22-,23+,24+/m1/s1. The van der Waals surface area contributed by atoms with Crippen LogP contribution in [0.3, 0.4) is 0 Å². The molecule has 0 saturated carbocycles. The number of amides is 1. The Morgan fingerprint density at radius 1 is 1.14 bits per heavy atom. The molecule has 1 aromatic carbocycles. The maximum Gasteiger partial charge on any atom is 0.320 e. The first kappa shape index (κ1) is 28.0. The number of nitriles is 1. The number of likely N-dealkylation sites (tertiary alicyclic amines) is 1. The second kappa shape index (κ2) is 12.0. The maximum atomic E-state index is 14.0. The molecule has 0 N–H and O–H groups in total. The molecule has 42 heavy (non-hydrogen) atoms. The number of fused-ring (bicyclic) bond motifs is 2. The Morgan fingerprint density at radius 2 is 2.00 bits per heavy atom. The molecule has 1 amide bonds. The van der Waals surface area contributed by atoms with Gasteiger partial charge in [-0.1, -0.05) is 24.8 Å². The number of rotatable bonds is 7. The summed E-state index contributed by atoms with van der Waals surface area (Å²) in [7, 11) is 1.90. The number of anilines is 1. The number of aromatic nitrogens is 3. The van der Waals surface area contributed by atoms with E-state index in [9.17, 15) is 14.4 Å². The molecule has 4 heterocycles. The molecule has 6 rings (SSSR count). The molecule has 2 aromatic heterocycles. The van der Waals surface area contributed by atoms with E-state index in [0.717, 1.165) is 29.5 Å². The van der Waals surface area contributed by atoms with Crippen molar-refractivity contribution in [1.29, 1.82) is 5.26 Å². The highest BCUT2D eigenvalue weighted by molar-refractivity contribution is 5.90. The summed E-state index contributed by atoms with van der Waals surface area (Å²) in [6, 6.07) is 12.5. The Kier molecular flexibility index (Phi) is 8.02. The van der Waals surface area contributed by atoms with E-state index in [1.54, 1.807) is 4.90 Å². The largest absolute Gasteiger partial charge is 0.462 e. The number of alkyl halides is 1. The van der Waals surface area contributed by atoms with Gasteiger partial charge in [-0.25, -0.2) is 9.37 Å². The van der Waals surface area contributed by atoms with Crippen LogP contribution in [0.4, 0.5) is 10.2 Å². The minimum Gasteiger partial charge on any atom is -0.462 e. The minimum atomic E-state index is -0.871. The number of nitrogens with zero attached hydrogens (tertiary/aromatic N) is 7. The van der Waals surface area contributed by atoms with Gasteiger partial charge in [-0.3, -0.25) is 9.69 Å². The van der Waals surface area contributed by atoms with Crippen molar-refractivity contribution in [3.8, 4) is 23.3 Å². The number of carbonyl (C=O) groups is 1. The number of hydrogen-bond donors (Lipinski definition) is 0. The quantitative estimate of drug-likeness (QED) is 0.392. The average molecular weight is 570 g/mol. The Labute approximate surface area is 245 Å². The van der Waals surface area contributed by atoms with Gasteiger partial charge in [0, 0.05) is 37.8 Å². The number of likely N-dealkylation sites (N-methyl/N-ethyl adjacent to an activating group) is 1. The molecule has 218 valence electrons. The number of carbonyl (C=O) groups excluding carboxylic acids is 1. The topological polar surface area (TPSA) is 98.5 Å². The lowest BCUT2D eigenvalue weighted by atomic mass is 9.87. The van der Waals surface area contributed by atoms with E-state index in [4.69, 9.17) is 19.7 Å². The summed E-state index contributed by atoms with van der Waals surface area (Å²) in [6.45, 7) is 5.67. The summed E-state index contributed by atoms with van der Waals surface area (Å²) >= 11 is 0. The number of pyridine rings is 1. The monoisotopic (exact) mass is 569 g/mol. The van der Waals surface area contributed by atoms with Crippen LogP contribution in [0.2, 0.25) is 0 Å². The summed E-state index contributed by atoms with van der Waals surface area (Å²) < 4.78 is 20.1. The van der Waals surface area contributed by atoms with Crippen molar-refractivity contribution >= 4 is 22.8 Å². The van der Waals surface area contributed by atoms with Gasteiger partial charge in [0.1, 0.15) is 18.6 Å². The highest BCUT2D eigenvalue weighted by Crippen LogP contribution is 2.34. The van der Waals surface area contributed by atoms with E-state index in [1.165, 1.54) is 30.0 Å². The zero-order chi connectivity index (χ0) is 29.2. The van der Waals surface area contributed by atoms with Crippen LogP contribution in [0, 0.1) is 11.3 Å². The smallest absolute Gasteiger partial charge is 0.320 e. The van der Waals surface area contributed by atoms with E-state index >= 15 is 0 Å². The Balaban J connectivity index is 1.38. The summed E-state index contributed by atoms with van der Waals surface area (Å²) in [5, 5.41) is 10.3. The zero-order valence-corrected chi connectivity index (χ0v) is 24.0. The summed E-state index contributed by atoms with van der Waals surface area (Å²) in [6.07, 6.45) is 5.52. The predicted molar refractivity (Wildman–Crippen MR) is 159 cm³/mol. The normalized spacial score (nSPS) is 22.5. The lowest BCUT2D eigenvalue weighted by Gasteiger charge is -2.41. The second-order valence-electron chi connectivity index (χ2n) is 11.5. The molecule has 2 saturated heterocycles. The highest BCUT2D eigenvalue weighted by Gasteiger charge is 2.32. The molecule has 9 nitrogen and oxygen atoms in total. The van der Waals surface area contributed by atoms with Crippen molar-refractivity contribution in [3.05, 3.63) is 54.1 Å². The number of benzene rings is 1. The molecule has 1 aliphatic carbocycles. The van der Waals surface area contributed by atoms with E-state index in [0.29, 0.717) is 44.1 Å². The maximum absolute atomic E-state index is 14.0. The van der Waals surface area contributed by atoms with Gasteiger partial charge in [-0.15, -0.1) is 0 Å². The first-order chi connectivity index (χ1) is 20.4. The first-order valence-electron chi connectivity index (χ1n) is 14.8. The lowest BCUT2D eigenvalue weighted by Crippen LogP contribution is -2.55. The van der Waals surface area contributed by atoms with Crippen molar-refractivity contribution in [1.82, 2.24) is 24.8 Å². The highest BCUT2D eigenvalue weighted by atomic mass is 19.1. The van der Waals surface area contributed by atoms with Gasteiger partial charge in [0.25, 0.3) is 0 Å². The molecular weight excluding hydrogens is 533 g/mol. The number of aryl methyl sites for hydroxylation is 1. The third-order valence-electron chi connectivity index (χ3n) is 8.80. The molecule has 0 radical (unpaired) electrons. The third-order valence-corrected chi connectivity index (χ3v) is 8.80. The summed E-state index contributed by atoms with van der Waals surface area (Å²) in [5.41, 5.74) is 5.25. The Morgan fingerprint density at radius 3 is 2.79 bits per heavy atom. The van der Waals surface area contributed by atoms with Gasteiger partial charge < -0.3 is 14.5 Å². The van der Waals surface area contributed by atoms with Crippen LogP contribution in [0.1, 0.15) is 36.8 Å². The molecule has 3 atom stereocenters. The molecule has 3 aromatic rings. The zero-order valence-electron chi connectivity index (χ0n) is 24.0. The molecule has 0 unspecified atom stereocenters. The van der Waals surface area contributed by atoms with Gasteiger partial charge in [-0.05, 0) is 68.5 Å². The Bertz CT molecular complexity index is 1540. The van der Waals surface area contributed by atoms with Crippen LogP contribution in [0.15, 0.2) is 43.0 Å². The van der Waals surface area contributed by atoms with Crippen molar-refractivity contribution < 1.29 is 13.9 Å². The first-order valence-corrected chi connectivity index (χ1v) is 14.8. The molecule has 0 spiro atoms. The number of halogens is 1. The van der Waals surface area contributed by atoms with Crippen molar-refractivity contribution in [2.75, 3.05) is 44.7 Å². The summed E-state index contributed by atoms with van der Waals surface area (Å²) in [4.78, 5) is 32.8. The fourth-order valence-electron chi connectivity index (χ4n) is 6.56. The van der Waals surface area contributed by atoms with Gasteiger partial charge in [0.15, 0.2) is 5.65 Å². The van der Waals surface area contributed by atoms with E-state index in [2.05, 4.69) is 35.7 Å². The molecule has 3 aliphatic rings. The lowest BCUT2D eigenvalue weighted by molar-refractivity contribution is -0.128. The molecule has 2 aliphatic heterocycles. The molecular formula is C32H36FN7O2. The average Bonchev–Trinajstić information content (AvgIpc) is 3.34. The van der Waals surface area contributed by atoms with Gasteiger partial charge >= 0.3 is 6.01 Å². The Hall–Kier alpha value is -4.10. The van der Waals surface area contributed by atoms with Gasteiger partial charge in [0.2, 0.25) is 5.91 Å². The fraction of sp³-hybridized carbons (Fsp3) is 0.469. The fourth-order valence-corrected chi connectivity index (χ4v) is 6.56. The number of piperazine rings is 1. The van der Waals surface area contributed by atoms with Crippen molar-refractivity contribution in [3.63, 3.8) is 0 Å². The van der Waals surface area contributed by atoms with Crippen LogP contribution in [-0.4, -0.2) is 88.7 Å². The van der Waals surface area contributed by atoms with Crippen LogP contribution in [0.5, 0.6) is 6.01 Å². The van der Waals surface area contributed by atoms with Crippen LogP contribution < -0.4 is 9.64 Å². The number of hydrogen-bond acceptors (Lipinski definition) is 8. The van der Waals surface area contributed by atoms with Crippen LogP contribution in [0.25, 0.3) is 22.3 Å². The summed E-state index contributed by atoms with van der Waals surface area (Å²) in [5.74, 6) is 0.469. The molecule has 10 heteroatoms. The number of ether oxygens (including phenoxy) is 1. The van der Waals surface area contributed by atoms with Crippen LogP contribution >= 0.6 is 0 Å².